The average molecular weight is 349 g/mol. The fourth-order valence-electron chi connectivity index (χ4n) is 3.04. The number of hydrogen-bond acceptors (Lipinski definition) is 3. The molecule has 2 N–H and O–H groups in total. The molecule has 5 heteroatoms. The lowest BCUT2D eigenvalue weighted by molar-refractivity contribution is 0.0898. The largest absolute Gasteiger partial charge is 0.451 e. The Hall–Kier alpha value is -1.78. The first-order chi connectivity index (χ1) is 11.2. The van der Waals surface area contributed by atoms with E-state index in [9.17, 15) is 4.79 Å². The minimum absolute atomic E-state index is 0. The van der Waals surface area contributed by atoms with E-state index in [-0.39, 0.29) is 24.4 Å². The molecule has 2 unspecified atom stereocenters. The fraction of sp³-hybridized carbons (Fsp3) is 0.421. The van der Waals surface area contributed by atoms with E-state index in [1.165, 1.54) is 5.56 Å². The smallest absolute Gasteiger partial charge is 0.287 e. The molecule has 1 aromatic carbocycles. The van der Waals surface area contributed by atoms with Crippen LogP contribution in [0.2, 0.25) is 0 Å². The fourth-order valence-corrected chi connectivity index (χ4v) is 3.04. The van der Waals surface area contributed by atoms with Gasteiger partial charge in [-0.2, -0.15) is 0 Å². The van der Waals surface area contributed by atoms with Crippen molar-refractivity contribution in [3.63, 3.8) is 0 Å². The Kier molecular flexibility index (Phi) is 6.46. The Labute approximate surface area is 149 Å². The molecular weight excluding hydrogens is 324 g/mol. The maximum atomic E-state index is 12.3. The van der Waals surface area contributed by atoms with E-state index in [1.807, 2.05) is 18.2 Å². The van der Waals surface area contributed by atoms with Gasteiger partial charge in [0.25, 0.3) is 5.91 Å². The van der Waals surface area contributed by atoms with E-state index in [2.05, 4.69) is 36.6 Å². The standard InChI is InChI=1S/C19H24N2O2.ClH/c1-3-14-4-6-15(7-5-14)17-8-9-18(23-17)19(22)21-16-10-11-20-13(2)12-16;/h4-9,13,16,20H,3,10-12H2,1-2H3,(H,21,22);1H. The number of piperidine rings is 1. The predicted molar refractivity (Wildman–Crippen MR) is 98.7 cm³/mol. The molecule has 0 radical (unpaired) electrons. The lowest BCUT2D eigenvalue weighted by atomic mass is 10.0. The Morgan fingerprint density at radius 1 is 1.25 bits per heavy atom. The van der Waals surface area contributed by atoms with Crippen LogP contribution in [0.1, 0.15) is 42.8 Å². The summed E-state index contributed by atoms with van der Waals surface area (Å²) >= 11 is 0. The van der Waals surface area contributed by atoms with Crippen LogP contribution in [0.4, 0.5) is 0 Å². The van der Waals surface area contributed by atoms with Crippen molar-refractivity contribution in [2.24, 2.45) is 0 Å². The summed E-state index contributed by atoms with van der Waals surface area (Å²) in [5, 5.41) is 6.46. The van der Waals surface area contributed by atoms with Gasteiger partial charge in [0.15, 0.2) is 5.76 Å². The molecule has 1 aromatic heterocycles. The van der Waals surface area contributed by atoms with E-state index >= 15 is 0 Å². The van der Waals surface area contributed by atoms with Crippen molar-refractivity contribution in [1.82, 2.24) is 10.6 Å². The highest BCUT2D eigenvalue weighted by Crippen LogP contribution is 2.23. The lowest BCUT2D eigenvalue weighted by Gasteiger charge is -2.28. The molecule has 1 saturated heterocycles. The maximum Gasteiger partial charge on any atom is 0.287 e. The van der Waals surface area contributed by atoms with Crippen LogP contribution in [0.15, 0.2) is 40.8 Å². The van der Waals surface area contributed by atoms with Crippen LogP contribution in [0.5, 0.6) is 0 Å². The van der Waals surface area contributed by atoms with Crippen molar-refractivity contribution in [2.75, 3.05) is 6.54 Å². The summed E-state index contributed by atoms with van der Waals surface area (Å²) in [6, 6.07) is 12.5. The van der Waals surface area contributed by atoms with Crippen LogP contribution < -0.4 is 10.6 Å². The van der Waals surface area contributed by atoms with E-state index < -0.39 is 0 Å². The molecule has 0 aliphatic carbocycles. The highest BCUT2D eigenvalue weighted by Gasteiger charge is 2.22. The van der Waals surface area contributed by atoms with Crippen molar-refractivity contribution in [2.45, 2.75) is 45.2 Å². The Morgan fingerprint density at radius 2 is 2.00 bits per heavy atom. The molecule has 0 bridgehead atoms. The molecule has 1 aliphatic rings. The molecule has 2 atom stereocenters. The van der Waals surface area contributed by atoms with Gasteiger partial charge in [-0.05, 0) is 50.4 Å². The van der Waals surface area contributed by atoms with E-state index in [0.29, 0.717) is 11.8 Å². The molecule has 2 aromatic rings. The van der Waals surface area contributed by atoms with Gasteiger partial charge in [-0.25, -0.2) is 0 Å². The third kappa shape index (κ3) is 4.40. The molecular formula is C19H25ClN2O2. The van der Waals surface area contributed by atoms with Gasteiger partial charge in [0.05, 0.1) is 0 Å². The molecule has 130 valence electrons. The van der Waals surface area contributed by atoms with E-state index in [0.717, 1.165) is 37.1 Å². The average Bonchev–Trinajstić information content (AvgIpc) is 3.05. The van der Waals surface area contributed by atoms with Gasteiger partial charge >= 0.3 is 0 Å². The van der Waals surface area contributed by atoms with Crippen LogP contribution in [0.25, 0.3) is 11.3 Å². The van der Waals surface area contributed by atoms with E-state index in [1.54, 1.807) is 6.07 Å². The van der Waals surface area contributed by atoms with Gasteiger partial charge in [0, 0.05) is 17.6 Å². The summed E-state index contributed by atoms with van der Waals surface area (Å²) in [6.07, 6.45) is 2.93. The zero-order valence-corrected chi connectivity index (χ0v) is 15.0. The van der Waals surface area contributed by atoms with Crippen LogP contribution in [0.3, 0.4) is 0 Å². The number of carbonyl (C=O) groups excluding carboxylic acids is 1. The van der Waals surface area contributed by atoms with Gasteiger partial charge in [-0.15, -0.1) is 12.4 Å². The molecule has 0 spiro atoms. The number of aryl methyl sites for hydroxylation is 1. The minimum Gasteiger partial charge on any atom is -0.451 e. The summed E-state index contributed by atoms with van der Waals surface area (Å²) in [6.45, 7) is 5.22. The van der Waals surface area contributed by atoms with Crippen molar-refractivity contribution in [3.8, 4) is 11.3 Å². The van der Waals surface area contributed by atoms with Crippen LogP contribution in [-0.4, -0.2) is 24.5 Å². The molecule has 1 aliphatic heterocycles. The van der Waals surface area contributed by atoms with Gasteiger partial charge in [0.1, 0.15) is 5.76 Å². The summed E-state index contributed by atoms with van der Waals surface area (Å²) in [7, 11) is 0. The molecule has 4 nitrogen and oxygen atoms in total. The Balaban J connectivity index is 0.00000208. The SMILES string of the molecule is CCc1ccc(-c2ccc(C(=O)NC3CCNC(C)C3)o2)cc1.Cl. The lowest BCUT2D eigenvalue weighted by Crippen LogP contribution is -2.46. The van der Waals surface area contributed by atoms with Crippen molar-refractivity contribution in [3.05, 3.63) is 47.7 Å². The maximum absolute atomic E-state index is 12.3. The number of benzene rings is 1. The topological polar surface area (TPSA) is 54.3 Å². The normalized spacial score (nSPS) is 20.2. The monoisotopic (exact) mass is 348 g/mol. The zero-order valence-electron chi connectivity index (χ0n) is 14.2. The molecule has 1 amide bonds. The van der Waals surface area contributed by atoms with Gasteiger partial charge in [-0.3, -0.25) is 4.79 Å². The summed E-state index contributed by atoms with van der Waals surface area (Å²) < 4.78 is 5.75. The second kappa shape index (κ2) is 8.36. The number of rotatable bonds is 4. The summed E-state index contributed by atoms with van der Waals surface area (Å²) in [5.41, 5.74) is 2.29. The Bertz CT molecular complexity index is 666. The van der Waals surface area contributed by atoms with Gasteiger partial charge in [0.2, 0.25) is 0 Å². The van der Waals surface area contributed by atoms with Crippen LogP contribution in [0, 0.1) is 0 Å². The second-order valence-corrected chi connectivity index (χ2v) is 6.26. The predicted octanol–water partition coefficient (Wildman–Crippen LogP) is 3.80. The molecule has 2 heterocycles. The highest BCUT2D eigenvalue weighted by atomic mass is 35.5. The molecule has 0 saturated carbocycles. The number of hydrogen-bond donors (Lipinski definition) is 2. The van der Waals surface area contributed by atoms with Crippen molar-refractivity contribution < 1.29 is 9.21 Å². The zero-order chi connectivity index (χ0) is 16.2. The minimum atomic E-state index is -0.125. The first-order valence-corrected chi connectivity index (χ1v) is 8.39. The first-order valence-electron chi connectivity index (χ1n) is 8.39. The van der Waals surface area contributed by atoms with Crippen molar-refractivity contribution >= 4 is 18.3 Å². The second-order valence-electron chi connectivity index (χ2n) is 6.26. The molecule has 3 rings (SSSR count). The third-order valence-electron chi connectivity index (χ3n) is 4.44. The number of amides is 1. The van der Waals surface area contributed by atoms with Gasteiger partial charge in [-0.1, -0.05) is 31.2 Å². The first kappa shape index (κ1) is 18.6. The van der Waals surface area contributed by atoms with Crippen molar-refractivity contribution in [1.29, 1.82) is 0 Å². The molecule has 1 fully saturated rings. The third-order valence-corrected chi connectivity index (χ3v) is 4.44. The van der Waals surface area contributed by atoms with Crippen LogP contribution in [-0.2, 0) is 6.42 Å². The number of nitrogens with one attached hydrogen (secondary N) is 2. The molecule has 24 heavy (non-hydrogen) atoms. The summed E-state index contributed by atoms with van der Waals surface area (Å²) in [4.78, 5) is 12.3. The van der Waals surface area contributed by atoms with E-state index in [4.69, 9.17) is 4.42 Å². The Morgan fingerprint density at radius 3 is 2.67 bits per heavy atom. The summed E-state index contributed by atoms with van der Waals surface area (Å²) in [5.74, 6) is 0.989. The van der Waals surface area contributed by atoms with Crippen LogP contribution >= 0.6 is 12.4 Å². The quantitative estimate of drug-likeness (QED) is 0.883. The highest BCUT2D eigenvalue weighted by molar-refractivity contribution is 5.92. The number of furan rings is 1. The number of halogens is 1. The van der Waals surface area contributed by atoms with Gasteiger partial charge < -0.3 is 15.1 Å². The number of carbonyl (C=O) groups is 1.